The summed E-state index contributed by atoms with van der Waals surface area (Å²) in [5.74, 6) is 1.38. The first kappa shape index (κ1) is 53.2. The van der Waals surface area contributed by atoms with Gasteiger partial charge in [-0.1, -0.05) is 0 Å². The number of ether oxygens (including phenoxy) is 4. The van der Waals surface area contributed by atoms with Crippen LogP contribution in [0.15, 0.2) is 0 Å². The molecule has 0 radical (unpaired) electrons. The third-order valence-electron chi connectivity index (χ3n) is 8.39. The number of hydrogen-bond acceptors (Lipinski definition) is 18. The smallest absolute Gasteiger partial charge is 0.407 e. The first-order valence-electron chi connectivity index (χ1n) is 21.3. The summed E-state index contributed by atoms with van der Waals surface area (Å²) in [4.78, 5) is 83.2. The molecule has 0 aromatic carbocycles. The van der Waals surface area contributed by atoms with E-state index < -0.39 is 46.8 Å². The van der Waals surface area contributed by atoms with Crippen molar-refractivity contribution in [2.24, 2.45) is 5.92 Å². The van der Waals surface area contributed by atoms with E-state index in [1.807, 2.05) is 4.90 Å². The monoisotopic (exact) mass is 942 g/mol. The van der Waals surface area contributed by atoms with Gasteiger partial charge in [-0.2, -0.15) is 29.9 Å². The Morgan fingerprint density at radius 3 is 1.19 bits per heavy atom. The lowest BCUT2D eigenvalue weighted by Crippen LogP contribution is -2.44. The molecule has 0 aliphatic carbocycles. The molecule has 64 heavy (non-hydrogen) atoms. The minimum atomic E-state index is -0.711. The van der Waals surface area contributed by atoms with Crippen molar-refractivity contribution >= 4 is 71.4 Å². The summed E-state index contributed by atoms with van der Waals surface area (Å²) < 4.78 is 21.8. The van der Waals surface area contributed by atoms with E-state index in [0.29, 0.717) is 25.6 Å². The maximum Gasteiger partial charge on any atom is 0.407 e. The van der Waals surface area contributed by atoms with E-state index in [0.717, 1.165) is 12.8 Å². The average molecular weight is 944 g/mol. The van der Waals surface area contributed by atoms with Crippen LogP contribution in [0.2, 0.25) is 10.6 Å². The number of alkyl carbamates (subject to hydrolysis) is 4. The maximum absolute atomic E-state index is 12.7. The molecule has 1 aliphatic rings. The standard InChI is InChI=1S/C40H68Cl2N14O8/c1-37(2,3)61-33(57)43-15-21-55(22-16-44-34(58)62-38(4,5)6)31-51-30(54-19-13-26(14-20-54)25-47-29-49-27(41)48-28(42)50-29)52-32(53-31)56(23-17-45-35(59)63-39(7,8)9)24-18-46-36(60)64-40(10,11)12/h26H,13-25H2,1-12H3,(H,43,57)(H,44,58)(H,45,59)(H,46,60)(H,47,48,49,50). The molecular formula is C40H68Cl2N14O8. The van der Waals surface area contributed by atoms with Crippen LogP contribution in [0, 0.1) is 5.92 Å². The number of hydrogen-bond donors (Lipinski definition) is 5. The molecule has 22 nitrogen and oxygen atoms in total. The van der Waals surface area contributed by atoms with Crippen molar-refractivity contribution in [1.82, 2.24) is 51.2 Å². The molecule has 24 heteroatoms. The normalized spacial score (nSPS) is 13.6. The first-order chi connectivity index (χ1) is 29.6. The highest BCUT2D eigenvalue weighted by atomic mass is 35.5. The number of amides is 4. The van der Waals surface area contributed by atoms with Crippen molar-refractivity contribution < 1.29 is 38.1 Å². The molecule has 0 unspecified atom stereocenters. The van der Waals surface area contributed by atoms with E-state index in [4.69, 9.17) is 57.1 Å². The molecule has 3 rings (SSSR count). The SMILES string of the molecule is CC(C)(C)OC(=O)NCCN(CCNC(=O)OC(C)(C)C)c1nc(N(CCNC(=O)OC(C)(C)C)CCNC(=O)OC(C)(C)C)nc(N2CCC(CNc3nc(Cl)nc(Cl)n3)CC2)n1. The number of carbonyl (C=O) groups excluding carboxylic acids is 4. The Labute approximate surface area is 386 Å². The summed E-state index contributed by atoms with van der Waals surface area (Å²) in [6.07, 6.45) is -0.897. The number of piperidine rings is 1. The van der Waals surface area contributed by atoms with Gasteiger partial charge in [0.05, 0.1) is 0 Å². The topological polar surface area (TPSA) is 252 Å². The Hall–Kier alpha value is -5.12. The van der Waals surface area contributed by atoms with Gasteiger partial charge in [0.25, 0.3) is 0 Å². The predicted octanol–water partition coefficient (Wildman–Crippen LogP) is 5.40. The van der Waals surface area contributed by atoms with Crippen LogP contribution >= 0.6 is 23.2 Å². The number of nitrogens with one attached hydrogen (secondary N) is 5. The molecule has 0 atom stereocenters. The first-order valence-corrected chi connectivity index (χ1v) is 22.1. The third-order valence-corrected chi connectivity index (χ3v) is 8.73. The fraction of sp³-hybridized carbons (Fsp3) is 0.750. The maximum atomic E-state index is 12.7. The van der Waals surface area contributed by atoms with Crippen LogP contribution in [0.4, 0.5) is 43.0 Å². The van der Waals surface area contributed by atoms with Crippen LogP contribution in [0.3, 0.4) is 0 Å². The van der Waals surface area contributed by atoms with E-state index in [1.165, 1.54) is 0 Å². The molecule has 2 aromatic rings. The Balaban J connectivity index is 1.99. The molecule has 360 valence electrons. The molecule has 2 aromatic heterocycles. The highest BCUT2D eigenvalue weighted by Gasteiger charge is 2.27. The molecule has 0 saturated carbocycles. The van der Waals surface area contributed by atoms with Crippen molar-refractivity contribution in [3.05, 3.63) is 10.6 Å². The van der Waals surface area contributed by atoms with Gasteiger partial charge in [0.1, 0.15) is 22.4 Å². The summed E-state index contributed by atoms with van der Waals surface area (Å²) in [5.41, 5.74) is -2.85. The van der Waals surface area contributed by atoms with Gasteiger partial charge in [-0.25, -0.2) is 19.2 Å². The summed E-state index contributed by atoms with van der Waals surface area (Å²) >= 11 is 11.9. The van der Waals surface area contributed by atoms with Crippen LogP contribution in [-0.2, 0) is 18.9 Å². The van der Waals surface area contributed by atoms with Crippen LogP contribution < -0.4 is 41.3 Å². The zero-order valence-electron chi connectivity index (χ0n) is 39.3. The molecular weight excluding hydrogens is 875 g/mol. The van der Waals surface area contributed by atoms with Crippen molar-refractivity contribution in [3.8, 4) is 0 Å². The second kappa shape index (κ2) is 23.7. The van der Waals surface area contributed by atoms with Crippen molar-refractivity contribution in [1.29, 1.82) is 0 Å². The number of rotatable bonds is 18. The fourth-order valence-corrected chi connectivity index (χ4v) is 6.16. The van der Waals surface area contributed by atoms with E-state index in [-0.39, 0.29) is 86.7 Å². The van der Waals surface area contributed by atoms with Gasteiger partial charge in [-0.15, -0.1) is 0 Å². The average Bonchev–Trinajstić information content (AvgIpc) is 3.12. The van der Waals surface area contributed by atoms with Gasteiger partial charge in [0.2, 0.25) is 34.4 Å². The predicted molar refractivity (Wildman–Crippen MR) is 244 cm³/mol. The summed E-state index contributed by atoms with van der Waals surface area (Å²) in [6.45, 7) is 24.3. The zero-order valence-corrected chi connectivity index (χ0v) is 40.8. The number of halogens is 2. The molecule has 1 fully saturated rings. The minimum absolute atomic E-state index is 0.00987. The largest absolute Gasteiger partial charge is 0.444 e. The summed E-state index contributed by atoms with van der Waals surface area (Å²) in [5, 5.41) is 14.3. The van der Waals surface area contributed by atoms with Crippen LogP contribution in [0.1, 0.15) is 95.9 Å². The van der Waals surface area contributed by atoms with Gasteiger partial charge >= 0.3 is 24.4 Å². The van der Waals surface area contributed by atoms with E-state index in [2.05, 4.69) is 41.5 Å². The van der Waals surface area contributed by atoms with Crippen molar-refractivity contribution in [2.75, 3.05) is 92.0 Å². The van der Waals surface area contributed by atoms with Gasteiger partial charge in [0.15, 0.2) is 0 Å². The van der Waals surface area contributed by atoms with E-state index in [9.17, 15) is 19.2 Å². The third kappa shape index (κ3) is 22.0. The highest BCUT2D eigenvalue weighted by molar-refractivity contribution is 6.31. The summed E-state index contributed by atoms with van der Waals surface area (Å²) in [6, 6.07) is 0. The lowest BCUT2D eigenvalue weighted by atomic mass is 9.97. The van der Waals surface area contributed by atoms with Gasteiger partial charge < -0.3 is 60.2 Å². The molecule has 1 aliphatic heterocycles. The Bertz CT molecular complexity index is 1670. The van der Waals surface area contributed by atoms with Gasteiger partial charge in [0, 0.05) is 72.0 Å². The molecule has 1 saturated heterocycles. The van der Waals surface area contributed by atoms with Gasteiger partial charge in [-0.3, -0.25) is 0 Å². The number of carbonyl (C=O) groups is 4. The minimum Gasteiger partial charge on any atom is -0.444 e. The molecule has 0 spiro atoms. The van der Waals surface area contributed by atoms with Crippen LogP contribution in [0.25, 0.3) is 0 Å². The van der Waals surface area contributed by atoms with Crippen LogP contribution in [0.5, 0.6) is 0 Å². The quantitative estimate of drug-likeness (QED) is 0.117. The fourth-order valence-electron chi connectivity index (χ4n) is 5.80. The molecule has 3 heterocycles. The number of anilines is 4. The second-order valence-electron chi connectivity index (χ2n) is 18.9. The zero-order chi connectivity index (χ0) is 47.9. The highest BCUT2D eigenvalue weighted by Crippen LogP contribution is 2.25. The van der Waals surface area contributed by atoms with Crippen molar-refractivity contribution in [2.45, 2.75) is 118 Å². The Kier molecular flexibility index (Phi) is 19.7. The van der Waals surface area contributed by atoms with Crippen LogP contribution in [-0.4, -0.2) is 149 Å². The van der Waals surface area contributed by atoms with Gasteiger partial charge in [-0.05, 0) is 125 Å². The second-order valence-corrected chi connectivity index (χ2v) is 19.6. The Morgan fingerprint density at radius 1 is 0.547 bits per heavy atom. The van der Waals surface area contributed by atoms with E-state index >= 15 is 0 Å². The van der Waals surface area contributed by atoms with E-state index in [1.54, 1.807) is 92.9 Å². The lowest BCUT2D eigenvalue weighted by Gasteiger charge is -2.33. The number of aromatic nitrogens is 6. The molecule has 0 bridgehead atoms. The summed E-state index contributed by atoms with van der Waals surface area (Å²) in [7, 11) is 0. The molecule has 4 amide bonds. The Morgan fingerprint density at radius 2 is 0.875 bits per heavy atom. The van der Waals surface area contributed by atoms with Crippen molar-refractivity contribution in [3.63, 3.8) is 0 Å². The molecule has 5 N–H and O–H groups in total. The lowest BCUT2D eigenvalue weighted by molar-refractivity contribution is 0.0515. The number of nitrogens with zero attached hydrogens (tertiary/aromatic N) is 9.